The van der Waals surface area contributed by atoms with Crippen molar-refractivity contribution in [3.63, 3.8) is 0 Å². The standard InChI is InChI=1S/C17H29O4P.Na/c1-8-21-22(19,20)11-12-9-13(16(2,3)4)15(18)14(10-12)17(5,6)7;/h9-10,18H,8,11H2,1-7H3,(H,19,20);/q;+1/p-1. The van der Waals surface area contributed by atoms with E-state index in [9.17, 15) is 14.6 Å². The van der Waals surface area contributed by atoms with Gasteiger partial charge in [-0.2, -0.15) is 0 Å². The Morgan fingerprint density at radius 3 is 1.78 bits per heavy atom. The molecule has 0 fully saturated rings. The Balaban J connectivity index is 0.00000484. The second kappa shape index (κ2) is 8.03. The fraction of sp³-hybridized carbons (Fsp3) is 0.647. The van der Waals surface area contributed by atoms with Crippen LogP contribution in [0.25, 0.3) is 0 Å². The second-order valence-corrected chi connectivity index (χ2v) is 9.52. The number of hydrogen-bond acceptors (Lipinski definition) is 4. The van der Waals surface area contributed by atoms with Gasteiger partial charge in [-0.1, -0.05) is 53.7 Å². The Kier molecular flexibility index (Phi) is 8.09. The number of hydrogen-bond donors (Lipinski definition) is 1. The molecule has 0 aliphatic heterocycles. The van der Waals surface area contributed by atoms with Crippen molar-refractivity contribution in [1.29, 1.82) is 0 Å². The molecule has 0 aliphatic carbocycles. The summed E-state index contributed by atoms with van der Waals surface area (Å²) in [6.07, 6.45) is -0.159. The molecule has 1 unspecified atom stereocenters. The molecule has 0 aromatic heterocycles. The zero-order valence-corrected chi connectivity index (χ0v) is 18.6. The molecule has 126 valence electrons. The third-order valence-corrected chi connectivity index (χ3v) is 4.89. The summed E-state index contributed by atoms with van der Waals surface area (Å²) in [6, 6.07) is 3.54. The molecule has 1 aromatic carbocycles. The molecular weight excluding hydrogens is 322 g/mol. The third-order valence-electron chi connectivity index (χ3n) is 3.49. The van der Waals surface area contributed by atoms with Crippen LogP contribution in [0.15, 0.2) is 12.1 Å². The Bertz CT molecular complexity index is 550. The Morgan fingerprint density at radius 2 is 1.48 bits per heavy atom. The van der Waals surface area contributed by atoms with Gasteiger partial charge in [0.1, 0.15) is 13.3 Å². The molecule has 0 heterocycles. The van der Waals surface area contributed by atoms with E-state index in [0.29, 0.717) is 5.56 Å². The average molecular weight is 350 g/mol. The first-order valence-corrected chi connectivity index (χ1v) is 9.32. The van der Waals surface area contributed by atoms with Crippen LogP contribution >= 0.6 is 7.60 Å². The number of phenols is 1. The third kappa shape index (κ3) is 6.53. The maximum Gasteiger partial charge on any atom is 1.00 e. The van der Waals surface area contributed by atoms with Gasteiger partial charge >= 0.3 is 29.6 Å². The summed E-state index contributed by atoms with van der Waals surface area (Å²) in [6.45, 7) is 13.8. The van der Waals surface area contributed by atoms with Gasteiger partial charge in [-0.25, -0.2) is 0 Å². The monoisotopic (exact) mass is 350 g/mol. The predicted octanol–water partition coefficient (Wildman–Crippen LogP) is 1.08. The van der Waals surface area contributed by atoms with Gasteiger partial charge in [-0.15, -0.1) is 0 Å². The van der Waals surface area contributed by atoms with Crippen molar-refractivity contribution in [3.8, 4) is 5.75 Å². The first-order valence-electron chi connectivity index (χ1n) is 7.59. The van der Waals surface area contributed by atoms with Crippen molar-refractivity contribution in [2.24, 2.45) is 0 Å². The zero-order chi connectivity index (χ0) is 17.3. The van der Waals surface area contributed by atoms with Gasteiger partial charge in [0.15, 0.2) is 0 Å². The fourth-order valence-corrected chi connectivity index (χ4v) is 3.51. The molecule has 23 heavy (non-hydrogen) atoms. The van der Waals surface area contributed by atoms with Crippen molar-refractivity contribution < 1.29 is 48.6 Å². The van der Waals surface area contributed by atoms with Crippen LogP contribution in [0.3, 0.4) is 0 Å². The van der Waals surface area contributed by atoms with Crippen LogP contribution in [0.4, 0.5) is 0 Å². The van der Waals surface area contributed by atoms with Gasteiger partial charge in [0.2, 0.25) is 0 Å². The summed E-state index contributed by atoms with van der Waals surface area (Å²) in [5, 5.41) is 10.6. The van der Waals surface area contributed by atoms with Crippen LogP contribution in [-0.2, 0) is 26.1 Å². The molecule has 4 nitrogen and oxygen atoms in total. The van der Waals surface area contributed by atoms with Crippen molar-refractivity contribution in [3.05, 3.63) is 28.8 Å². The van der Waals surface area contributed by atoms with E-state index in [1.807, 2.05) is 41.5 Å². The summed E-state index contributed by atoms with van der Waals surface area (Å²) in [7, 11) is -3.91. The van der Waals surface area contributed by atoms with Crippen LogP contribution in [0.2, 0.25) is 0 Å². The average Bonchev–Trinajstić information content (AvgIpc) is 2.27. The molecule has 6 heteroatoms. The molecule has 0 saturated heterocycles. The van der Waals surface area contributed by atoms with Crippen LogP contribution in [0, 0.1) is 0 Å². The topological polar surface area (TPSA) is 69.6 Å². The molecule has 0 radical (unpaired) electrons. The minimum absolute atomic E-state index is 0. The van der Waals surface area contributed by atoms with Gasteiger partial charge in [-0.3, -0.25) is 0 Å². The predicted molar refractivity (Wildman–Crippen MR) is 88.4 cm³/mol. The molecular formula is C17H28NaO4P. The molecule has 1 rings (SSSR count). The second-order valence-electron chi connectivity index (χ2n) is 7.73. The fourth-order valence-electron chi connectivity index (χ4n) is 2.39. The van der Waals surface area contributed by atoms with Crippen molar-refractivity contribution in [1.82, 2.24) is 0 Å². The van der Waals surface area contributed by atoms with Crippen LogP contribution < -0.4 is 34.5 Å². The van der Waals surface area contributed by atoms with E-state index in [0.717, 1.165) is 11.1 Å². The summed E-state index contributed by atoms with van der Waals surface area (Å²) in [5.41, 5.74) is 1.61. The molecule has 1 atom stereocenters. The van der Waals surface area contributed by atoms with Crippen molar-refractivity contribution >= 4 is 7.60 Å². The van der Waals surface area contributed by atoms with Gasteiger partial charge in [0.05, 0.1) is 6.61 Å². The maximum atomic E-state index is 11.9. The molecule has 0 bridgehead atoms. The first kappa shape index (κ1) is 23.2. The van der Waals surface area contributed by atoms with E-state index in [2.05, 4.69) is 0 Å². The van der Waals surface area contributed by atoms with Crippen molar-refractivity contribution in [2.75, 3.05) is 6.61 Å². The number of aromatic hydroxyl groups is 1. The Labute approximate surface area is 162 Å². The summed E-state index contributed by atoms with van der Waals surface area (Å²) in [4.78, 5) is 11.9. The van der Waals surface area contributed by atoms with Gasteiger partial charge in [0.25, 0.3) is 0 Å². The summed E-state index contributed by atoms with van der Waals surface area (Å²) >= 11 is 0. The zero-order valence-electron chi connectivity index (χ0n) is 15.7. The van der Waals surface area contributed by atoms with Crippen LogP contribution in [0.5, 0.6) is 5.75 Å². The number of benzene rings is 1. The quantitative estimate of drug-likeness (QED) is 0.652. The van der Waals surface area contributed by atoms with E-state index in [1.54, 1.807) is 19.1 Å². The van der Waals surface area contributed by atoms with E-state index < -0.39 is 7.60 Å². The first-order chi connectivity index (χ1) is 9.78. The van der Waals surface area contributed by atoms with E-state index in [4.69, 9.17) is 4.52 Å². The van der Waals surface area contributed by atoms with Crippen molar-refractivity contribution in [2.45, 2.75) is 65.5 Å². The summed E-state index contributed by atoms with van der Waals surface area (Å²) < 4.78 is 16.8. The SMILES string of the molecule is CCOP(=O)([O-])Cc1cc(C(C)(C)C)c(O)c(C(C)(C)C)c1.[Na+]. The molecule has 1 N–H and O–H groups in total. The molecule has 0 amide bonds. The molecule has 0 spiro atoms. The number of phenolic OH excluding ortho intramolecular Hbond substituents is 1. The summed E-state index contributed by atoms with van der Waals surface area (Å²) in [5.74, 6) is 0.251. The van der Waals surface area contributed by atoms with Crippen LogP contribution in [0.1, 0.15) is 65.2 Å². The molecule has 1 aromatic rings. The number of rotatable bonds is 4. The normalized spacial score (nSPS) is 15.0. The Morgan fingerprint density at radius 1 is 1.09 bits per heavy atom. The van der Waals surface area contributed by atoms with Crippen LogP contribution in [-0.4, -0.2) is 11.7 Å². The van der Waals surface area contributed by atoms with Gasteiger partial charge < -0.3 is 19.1 Å². The van der Waals surface area contributed by atoms with E-state index in [-0.39, 0.29) is 58.9 Å². The Hall–Kier alpha value is 0.170. The smallest absolute Gasteiger partial charge is 0.778 e. The van der Waals surface area contributed by atoms with E-state index >= 15 is 0 Å². The molecule has 0 saturated carbocycles. The minimum atomic E-state index is -3.91. The largest absolute Gasteiger partial charge is 1.00 e. The van der Waals surface area contributed by atoms with E-state index in [1.165, 1.54) is 0 Å². The maximum absolute atomic E-state index is 11.9. The van der Waals surface area contributed by atoms with Gasteiger partial charge in [-0.05, 0) is 34.4 Å². The van der Waals surface area contributed by atoms with Gasteiger partial charge in [0, 0.05) is 6.16 Å². The minimum Gasteiger partial charge on any atom is -0.778 e. The molecule has 0 aliphatic rings.